The summed E-state index contributed by atoms with van der Waals surface area (Å²) in [7, 11) is 0. The Labute approximate surface area is 111 Å². The average Bonchev–Trinajstić information content (AvgIpc) is 2.36. The van der Waals surface area contributed by atoms with Crippen LogP contribution in [0, 0.1) is 18.3 Å². The quantitative estimate of drug-likeness (QED) is 0.795. The first-order chi connectivity index (χ1) is 8.65. The topological polar surface area (TPSA) is 35.8 Å². The fourth-order valence-corrected chi connectivity index (χ4v) is 2.17. The Morgan fingerprint density at radius 1 is 1.39 bits per heavy atom. The molecular weight excluding hydrogens is 220 g/mol. The molecule has 0 bridgehead atoms. The first-order valence-electron chi connectivity index (χ1n) is 6.84. The smallest absolute Gasteiger partial charge is 0.0638 e. The Bertz CT molecular complexity index is 392. The lowest BCUT2D eigenvalue weighted by atomic mass is 10.0. The van der Waals surface area contributed by atoms with Gasteiger partial charge in [0.1, 0.15) is 0 Å². The molecule has 1 N–H and O–H groups in total. The third kappa shape index (κ3) is 5.33. The molecule has 98 valence electrons. The van der Waals surface area contributed by atoms with E-state index in [-0.39, 0.29) is 0 Å². The highest BCUT2D eigenvalue weighted by molar-refractivity contribution is 5.22. The molecule has 1 rings (SSSR count). The van der Waals surface area contributed by atoms with Crippen molar-refractivity contribution in [2.24, 2.45) is 0 Å². The van der Waals surface area contributed by atoms with Crippen LogP contribution in [0.2, 0.25) is 0 Å². The minimum absolute atomic E-state index is 0.336. The van der Waals surface area contributed by atoms with Crippen molar-refractivity contribution >= 4 is 0 Å². The number of benzene rings is 1. The summed E-state index contributed by atoms with van der Waals surface area (Å²) >= 11 is 0. The van der Waals surface area contributed by atoms with E-state index in [9.17, 15) is 0 Å². The normalized spacial score (nSPS) is 13.9. The molecule has 0 amide bonds. The number of rotatable bonds is 7. The Morgan fingerprint density at radius 3 is 2.78 bits per heavy atom. The minimum atomic E-state index is 0.336. The molecule has 0 radical (unpaired) electrons. The summed E-state index contributed by atoms with van der Waals surface area (Å²) in [6.45, 7) is 6.46. The van der Waals surface area contributed by atoms with Gasteiger partial charge in [0.25, 0.3) is 0 Å². The summed E-state index contributed by atoms with van der Waals surface area (Å²) in [6, 6.07) is 11.7. The van der Waals surface area contributed by atoms with Crippen LogP contribution >= 0.6 is 0 Å². The van der Waals surface area contributed by atoms with Crippen LogP contribution in [0.5, 0.6) is 0 Å². The van der Waals surface area contributed by atoms with Crippen molar-refractivity contribution in [3.05, 3.63) is 35.4 Å². The van der Waals surface area contributed by atoms with E-state index in [2.05, 4.69) is 56.4 Å². The SMILES string of the molecule is CCC(CC#N)NC(C)CCc1cccc(C)c1. The van der Waals surface area contributed by atoms with Crippen molar-refractivity contribution in [1.29, 1.82) is 5.26 Å². The molecule has 0 fully saturated rings. The highest BCUT2D eigenvalue weighted by Crippen LogP contribution is 2.09. The van der Waals surface area contributed by atoms with Crippen molar-refractivity contribution in [3.63, 3.8) is 0 Å². The van der Waals surface area contributed by atoms with Gasteiger partial charge < -0.3 is 5.32 Å². The average molecular weight is 244 g/mol. The molecule has 0 aromatic heterocycles. The van der Waals surface area contributed by atoms with Crippen molar-refractivity contribution in [2.75, 3.05) is 0 Å². The molecule has 0 aliphatic rings. The number of nitriles is 1. The molecule has 0 spiro atoms. The molecule has 0 aliphatic heterocycles. The lowest BCUT2D eigenvalue weighted by Gasteiger charge is -2.20. The fraction of sp³-hybridized carbons (Fsp3) is 0.562. The Hall–Kier alpha value is -1.33. The Kier molecular flexibility index (Phi) is 6.46. The minimum Gasteiger partial charge on any atom is -0.310 e. The standard InChI is InChI=1S/C16H24N2/c1-4-16(10-11-17)18-14(3)8-9-15-7-5-6-13(2)12-15/h5-7,12,14,16,18H,4,8-10H2,1-3H3. The molecule has 2 unspecified atom stereocenters. The highest BCUT2D eigenvalue weighted by atomic mass is 14.9. The zero-order valence-corrected chi connectivity index (χ0v) is 11.7. The van der Waals surface area contributed by atoms with Crippen LogP contribution in [0.1, 0.15) is 44.2 Å². The molecular formula is C16H24N2. The van der Waals surface area contributed by atoms with Crippen LogP contribution in [-0.2, 0) is 6.42 Å². The first kappa shape index (κ1) is 14.7. The summed E-state index contributed by atoms with van der Waals surface area (Å²) in [4.78, 5) is 0. The second kappa shape index (κ2) is 7.89. The lowest BCUT2D eigenvalue weighted by Crippen LogP contribution is -2.36. The Balaban J connectivity index is 2.37. The maximum absolute atomic E-state index is 8.73. The Morgan fingerprint density at radius 2 is 2.17 bits per heavy atom. The van der Waals surface area contributed by atoms with Crippen LogP contribution < -0.4 is 5.32 Å². The van der Waals surface area contributed by atoms with Gasteiger partial charge in [-0.05, 0) is 38.7 Å². The van der Waals surface area contributed by atoms with Crippen LogP contribution in [0.4, 0.5) is 0 Å². The third-order valence-electron chi connectivity index (χ3n) is 3.30. The van der Waals surface area contributed by atoms with E-state index in [4.69, 9.17) is 5.26 Å². The number of hydrogen-bond acceptors (Lipinski definition) is 2. The van der Waals surface area contributed by atoms with Crippen molar-refractivity contribution in [2.45, 2.75) is 58.5 Å². The predicted molar refractivity (Wildman–Crippen MR) is 76.4 cm³/mol. The van der Waals surface area contributed by atoms with Crippen LogP contribution in [0.25, 0.3) is 0 Å². The third-order valence-corrected chi connectivity index (χ3v) is 3.30. The van der Waals surface area contributed by atoms with Gasteiger partial charge in [-0.15, -0.1) is 0 Å². The van der Waals surface area contributed by atoms with Gasteiger partial charge in [0.05, 0.1) is 12.5 Å². The van der Waals surface area contributed by atoms with Gasteiger partial charge in [-0.2, -0.15) is 5.26 Å². The number of aryl methyl sites for hydroxylation is 2. The van der Waals surface area contributed by atoms with E-state index in [0.29, 0.717) is 18.5 Å². The summed E-state index contributed by atoms with van der Waals surface area (Å²) < 4.78 is 0. The molecule has 2 atom stereocenters. The predicted octanol–water partition coefficient (Wildman–Crippen LogP) is 3.60. The first-order valence-corrected chi connectivity index (χ1v) is 6.84. The number of nitrogens with zero attached hydrogens (tertiary/aromatic N) is 1. The van der Waals surface area contributed by atoms with E-state index in [1.807, 2.05) is 0 Å². The second-order valence-corrected chi connectivity index (χ2v) is 5.06. The zero-order chi connectivity index (χ0) is 13.4. The van der Waals surface area contributed by atoms with E-state index in [1.54, 1.807) is 0 Å². The van der Waals surface area contributed by atoms with Gasteiger partial charge in [-0.3, -0.25) is 0 Å². The van der Waals surface area contributed by atoms with Gasteiger partial charge in [-0.25, -0.2) is 0 Å². The molecule has 1 aromatic carbocycles. The second-order valence-electron chi connectivity index (χ2n) is 5.06. The number of hydrogen-bond donors (Lipinski definition) is 1. The summed E-state index contributed by atoms with van der Waals surface area (Å²) in [6.07, 6.45) is 3.83. The van der Waals surface area contributed by atoms with Gasteiger partial charge in [0.15, 0.2) is 0 Å². The number of nitrogens with one attached hydrogen (secondary N) is 1. The fourth-order valence-electron chi connectivity index (χ4n) is 2.17. The molecule has 0 heterocycles. The van der Waals surface area contributed by atoms with Gasteiger partial charge in [0, 0.05) is 12.1 Å². The van der Waals surface area contributed by atoms with Crippen LogP contribution in [-0.4, -0.2) is 12.1 Å². The molecule has 0 aliphatic carbocycles. The molecule has 18 heavy (non-hydrogen) atoms. The van der Waals surface area contributed by atoms with Gasteiger partial charge in [0.2, 0.25) is 0 Å². The molecule has 2 nitrogen and oxygen atoms in total. The summed E-state index contributed by atoms with van der Waals surface area (Å²) in [5, 5.41) is 12.3. The maximum atomic E-state index is 8.73. The van der Waals surface area contributed by atoms with Crippen LogP contribution in [0.15, 0.2) is 24.3 Å². The zero-order valence-electron chi connectivity index (χ0n) is 11.7. The van der Waals surface area contributed by atoms with E-state index in [1.165, 1.54) is 11.1 Å². The van der Waals surface area contributed by atoms with Crippen LogP contribution in [0.3, 0.4) is 0 Å². The highest BCUT2D eigenvalue weighted by Gasteiger charge is 2.09. The van der Waals surface area contributed by atoms with Gasteiger partial charge in [-0.1, -0.05) is 36.8 Å². The largest absolute Gasteiger partial charge is 0.310 e. The molecule has 1 aromatic rings. The lowest BCUT2D eigenvalue weighted by molar-refractivity contribution is 0.421. The molecule has 0 saturated carbocycles. The van der Waals surface area contributed by atoms with E-state index < -0.39 is 0 Å². The maximum Gasteiger partial charge on any atom is 0.0638 e. The molecule has 0 saturated heterocycles. The van der Waals surface area contributed by atoms with E-state index in [0.717, 1.165) is 19.3 Å². The van der Waals surface area contributed by atoms with Crippen molar-refractivity contribution < 1.29 is 0 Å². The van der Waals surface area contributed by atoms with E-state index >= 15 is 0 Å². The monoisotopic (exact) mass is 244 g/mol. The summed E-state index contributed by atoms with van der Waals surface area (Å²) in [5.74, 6) is 0. The summed E-state index contributed by atoms with van der Waals surface area (Å²) in [5.41, 5.74) is 2.72. The van der Waals surface area contributed by atoms with Gasteiger partial charge >= 0.3 is 0 Å². The molecule has 2 heteroatoms. The van der Waals surface area contributed by atoms with Crippen molar-refractivity contribution in [1.82, 2.24) is 5.32 Å². The van der Waals surface area contributed by atoms with Crippen molar-refractivity contribution in [3.8, 4) is 6.07 Å².